The molecule has 0 amide bonds. The van der Waals surface area contributed by atoms with E-state index in [1.54, 1.807) is 11.3 Å². The van der Waals surface area contributed by atoms with Crippen LogP contribution in [0.2, 0.25) is 0 Å². The van der Waals surface area contributed by atoms with Crippen LogP contribution in [-0.4, -0.2) is 39.6 Å². The predicted octanol–water partition coefficient (Wildman–Crippen LogP) is 4.04. The van der Waals surface area contributed by atoms with Crippen LogP contribution in [0.4, 0.5) is 0 Å². The SMILES string of the molecule is CCN(CC)Cc1nc2sc(C)c(C)c2c(=O)n1CC(=O)OC1CCC(C)CC1. The fourth-order valence-corrected chi connectivity index (χ4v) is 5.04. The van der Waals surface area contributed by atoms with Gasteiger partial charge in [-0.1, -0.05) is 20.8 Å². The van der Waals surface area contributed by atoms with Crippen molar-refractivity contribution >= 4 is 27.5 Å². The van der Waals surface area contributed by atoms with Crippen molar-refractivity contribution in [2.45, 2.75) is 79.5 Å². The third-order valence-corrected chi connectivity index (χ3v) is 7.28. The maximum Gasteiger partial charge on any atom is 0.326 e. The van der Waals surface area contributed by atoms with E-state index in [0.29, 0.717) is 23.7 Å². The molecule has 1 fully saturated rings. The number of nitrogens with zero attached hydrogens (tertiary/aromatic N) is 3. The lowest BCUT2D eigenvalue weighted by Gasteiger charge is -2.26. The Morgan fingerprint density at radius 1 is 1.21 bits per heavy atom. The third kappa shape index (κ3) is 4.89. The van der Waals surface area contributed by atoms with Crippen molar-refractivity contribution < 1.29 is 9.53 Å². The van der Waals surface area contributed by atoms with E-state index in [-0.39, 0.29) is 24.2 Å². The number of esters is 1. The highest BCUT2D eigenvalue weighted by Crippen LogP contribution is 2.27. The van der Waals surface area contributed by atoms with Gasteiger partial charge >= 0.3 is 5.97 Å². The molecule has 7 heteroatoms. The van der Waals surface area contributed by atoms with Gasteiger partial charge in [-0.3, -0.25) is 19.1 Å². The highest BCUT2D eigenvalue weighted by atomic mass is 32.1. The second-order valence-electron chi connectivity index (χ2n) is 8.22. The summed E-state index contributed by atoms with van der Waals surface area (Å²) in [6, 6.07) is 0. The molecule has 0 aromatic carbocycles. The van der Waals surface area contributed by atoms with E-state index in [2.05, 4.69) is 25.7 Å². The minimum atomic E-state index is -0.335. The molecule has 2 heterocycles. The summed E-state index contributed by atoms with van der Waals surface area (Å²) in [6.45, 7) is 12.6. The van der Waals surface area contributed by atoms with Crippen LogP contribution < -0.4 is 5.56 Å². The third-order valence-electron chi connectivity index (χ3n) is 6.18. The first-order valence-corrected chi connectivity index (χ1v) is 11.6. The Labute approximate surface area is 176 Å². The number of aryl methyl sites for hydroxylation is 2. The second-order valence-corrected chi connectivity index (χ2v) is 9.42. The first-order chi connectivity index (χ1) is 13.8. The largest absolute Gasteiger partial charge is 0.461 e. The molecule has 6 nitrogen and oxygen atoms in total. The summed E-state index contributed by atoms with van der Waals surface area (Å²) in [4.78, 5) is 34.9. The van der Waals surface area contributed by atoms with Crippen LogP contribution >= 0.6 is 11.3 Å². The van der Waals surface area contributed by atoms with Crippen molar-refractivity contribution in [2.24, 2.45) is 5.92 Å². The quantitative estimate of drug-likeness (QED) is 0.634. The van der Waals surface area contributed by atoms with E-state index in [9.17, 15) is 9.59 Å². The number of rotatable bonds is 7. The topological polar surface area (TPSA) is 64.4 Å². The molecule has 0 spiro atoms. The molecule has 160 valence electrons. The zero-order valence-corrected chi connectivity index (χ0v) is 19.1. The van der Waals surface area contributed by atoms with Crippen LogP contribution in [0.15, 0.2) is 4.79 Å². The molecule has 0 radical (unpaired) electrons. The summed E-state index contributed by atoms with van der Waals surface area (Å²) >= 11 is 1.55. The molecule has 0 bridgehead atoms. The summed E-state index contributed by atoms with van der Waals surface area (Å²) in [5.74, 6) is 1.00. The van der Waals surface area contributed by atoms with Gasteiger partial charge in [-0.2, -0.15) is 0 Å². The van der Waals surface area contributed by atoms with E-state index in [1.807, 2.05) is 13.8 Å². The van der Waals surface area contributed by atoms with Gasteiger partial charge in [-0.05, 0) is 64.1 Å². The van der Waals surface area contributed by atoms with E-state index < -0.39 is 0 Å². The molecule has 0 unspecified atom stereocenters. The molecular formula is C22H33N3O3S. The van der Waals surface area contributed by atoms with Crippen molar-refractivity contribution in [3.63, 3.8) is 0 Å². The van der Waals surface area contributed by atoms with Crippen LogP contribution in [0.5, 0.6) is 0 Å². The molecule has 29 heavy (non-hydrogen) atoms. The smallest absolute Gasteiger partial charge is 0.326 e. The first kappa shape index (κ1) is 22.0. The lowest BCUT2D eigenvalue weighted by molar-refractivity contribution is -0.151. The van der Waals surface area contributed by atoms with Crippen molar-refractivity contribution in [3.8, 4) is 0 Å². The molecule has 1 saturated carbocycles. The number of ether oxygens (including phenoxy) is 1. The Morgan fingerprint density at radius 3 is 2.48 bits per heavy atom. The van der Waals surface area contributed by atoms with Crippen LogP contribution in [0.1, 0.15) is 62.7 Å². The van der Waals surface area contributed by atoms with Gasteiger partial charge in [-0.15, -0.1) is 11.3 Å². The number of thiophene rings is 1. The van der Waals surface area contributed by atoms with Gasteiger partial charge in [0.05, 0.1) is 11.9 Å². The predicted molar refractivity (Wildman–Crippen MR) is 117 cm³/mol. The average Bonchev–Trinajstić information content (AvgIpc) is 2.98. The number of fused-ring (bicyclic) bond motifs is 1. The summed E-state index contributed by atoms with van der Waals surface area (Å²) in [7, 11) is 0. The highest BCUT2D eigenvalue weighted by molar-refractivity contribution is 7.18. The molecule has 0 atom stereocenters. The van der Waals surface area contributed by atoms with Gasteiger partial charge in [0.25, 0.3) is 5.56 Å². The fraction of sp³-hybridized carbons (Fsp3) is 0.682. The van der Waals surface area contributed by atoms with E-state index >= 15 is 0 Å². The van der Waals surface area contributed by atoms with Crippen LogP contribution in [0.25, 0.3) is 10.2 Å². The minimum absolute atomic E-state index is 0.0255. The second kappa shape index (κ2) is 9.39. The summed E-state index contributed by atoms with van der Waals surface area (Å²) in [5, 5.41) is 0.634. The van der Waals surface area contributed by atoms with Crippen molar-refractivity contribution in [1.82, 2.24) is 14.5 Å². The van der Waals surface area contributed by atoms with Gasteiger partial charge in [0.15, 0.2) is 0 Å². The van der Waals surface area contributed by atoms with Crippen LogP contribution in [0.3, 0.4) is 0 Å². The van der Waals surface area contributed by atoms with Gasteiger partial charge in [0, 0.05) is 4.88 Å². The monoisotopic (exact) mass is 419 g/mol. The maximum atomic E-state index is 13.3. The molecule has 0 aliphatic heterocycles. The van der Waals surface area contributed by atoms with Crippen molar-refractivity contribution in [1.29, 1.82) is 0 Å². The Hall–Kier alpha value is -1.73. The Balaban J connectivity index is 1.91. The van der Waals surface area contributed by atoms with Crippen molar-refractivity contribution in [3.05, 3.63) is 26.6 Å². The molecular weight excluding hydrogens is 386 g/mol. The Kier molecular flexibility index (Phi) is 7.11. The van der Waals surface area contributed by atoms with Crippen molar-refractivity contribution in [2.75, 3.05) is 13.1 Å². The summed E-state index contributed by atoms with van der Waals surface area (Å²) < 4.78 is 7.26. The lowest BCUT2D eigenvalue weighted by atomic mass is 9.89. The normalized spacial score (nSPS) is 19.8. The van der Waals surface area contributed by atoms with Crippen LogP contribution in [-0.2, 0) is 22.6 Å². The fourth-order valence-electron chi connectivity index (χ4n) is 4.00. The van der Waals surface area contributed by atoms with E-state index in [0.717, 1.165) is 54.0 Å². The van der Waals surface area contributed by atoms with Gasteiger partial charge in [-0.25, -0.2) is 4.98 Å². The number of carbonyl (C=O) groups is 1. The molecule has 3 rings (SSSR count). The van der Waals surface area contributed by atoms with Gasteiger partial charge in [0.2, 0.25) is 0 Å². The first-order valence-electron chi connectivity index (χ1n) is 10.7. The molecule has 1 aliphatic carbocycles. The number of hydrogen-bond acceptors (Lipinski definition) is 6. The van der Waals surface area contributed by atoms with Gasteiger partial charge < -0.3 is 4.74 Å². The minimum Gasteiger partial charge on any atom is -0.461 e. The molecule has 2 aromatic rings. The molecule has 2 aromatic heterocycles. The average molecular weight is 420 g/mol. The van der Waals surface area contributed by atoms with Gasteiger partial charge in [0.1, 0.15) is 23.3 Å². The standard InChI is InChI=1S/C22H33N3O3S/c1-6-24(7-2)12-18-23-21-20(15(4)16(5)29-21)22(27)25(18)13-19(26)28-17-10-8-14(3)9-11-17/h14,17H,6-13H2,1-5H3. The molecule has 0 saturated heterocycles. The van der Waals surface area contributed by atoms with E-state index in [1.165, 1.54) is 4.57 Å². The zero-order chi connectivity index (χ0) is 21.1. The number of aromatic nitrogens is 2. The maximum absolute atomic E-state index is 13.3. The summed E-state index contributed by atoms with van der Waals surface area (Å²) in [5.41, 5.74) is 0.827. The Morgan fingerprint density at radius 2 is 1.86 bits per heavy atom. The lowest BCUT2D eigenvalue weighted by Crippen LogP contribution is -2.34. The van der Waals surface area contributed by atoms with E-state index in [4.69, 9.17) is 9.72 Å². The number of carbonyl (C=O) groups excluding carboxylic acids is 1. The molecule has 0 N–H and O–H groups in total. The zero-order valence-electron chi connectivity index (χ0n) is 18.3. The molecule has 1 aliphatic rings. The van der Waals surface area contributed by atoms with Crippen LogP contribution in [0, 0.1) is 19.8 Å². The summed E-state index contributed by atoms with van der Waals surface area (Å²) in [6.07, 6.45) is 3.97. The highest BCUT2D eigenvalue weighted by Gasteiger charge is 2.24. The number of hydrogen-bond donors (Lipinski definition) is 0. The Bertz CT molecular complexity index is 922.